The molecule has 0 saturated heterocycles. The third-order valence-corrected chi connectivity index (χ3v) is 4.48. The second-order valence-electron chi connectivity index (χ2n) is 4.23. The van der Waals surface area contributed by atoms with Gasteiger partial charge in [0.05, 0.1) is 15.6 Å². The fourth-order valence-electron chi connectivity index (χ4n) is 1.53. The van der Waals surface area contributed by atoms with Crippen LogP contribution in [0.1, 0.15) is 10.5 Å². The molecule has 5 nitrogen and oxygen atoms in total. The molecule has 2 aromatic rings. The van der Waals surface area contributed by atoms with Crippen LogP contribution >= 0.6 is 27.5 Å². The van der Waals surface area contributed by atoms with E-state index in [1.165, 1.54) is 30.5 Å². The number of sulfone groups is 1. The molecule has 8 heteroatoms. The first kappa shape index (κ1) is 15.9. The maximum Gasteiger partial charge on any atom is 0.274 e. The van der Waals surface area contributed by atoms with Gasteiger partial charge in [-0.25, -0.2) is 13.4 Å². The molecule has 0 fully saturated rings. The summed E-state index contributed by atoms with van der Waals surface area (Å²) in [7, 11) is -3.38. The molecule has 0 aliphatic carbocycles. The molecule has 1 N–H and O–H groups in total. The lowest BCUT2D eigenvalue weighted by molar-refractivity contribution is 0.102. The van der Waals surface area contributed by atoms with Crippen LogP contribution in [0.5, 0.6) is 0 Å². The number of halogens is 2. The molecule has 1 amide bonds. The Morgan fingerprint density at radius 3 is 2.57 bits per heavy atom. The van der Waals surface area contributed by atoms with Gasteiger partial charge in [-0.15, -0.1) is 0 Å². The Bertz CT molecular complexity index is 792. The maximum atomic E-state index is 12.0. The Morgan fingerprint density at radius 1 is 1.29 bits per heavy atom. The van der Waals surface area contributed by atoms with Crippen molar-refractivity contribution >= 4 is 49.0 Å². The van der Waals surface area contributed by atoms with Crippen molar-refractivity contribution in [1.29, 1.82) is 0 Å². The molecule has 1 heterocycles. The topological polar surface area (TPSA) is 76.1 Å². The molecule has 0 atom stereocenters. The van der Waals surface area contributed by atoms with Crippen LogP contribution < -0.4 is 5.32 Å². The van der Waals surface area contributed by atoms with Gasteiger partial charge in [-0.05, 0) is 46.3 Å². The van der Waals surface area contributed by atoms with E-state index in [2.05, 4.69) is 26.2 Å². The van der Waals surface area contributed by atoms with E-state index >= 15 is 0 Å². The zero-order chi connectivity index (χ0) is 15.6. The summed E-state index contributed by atoms with van der Waals surface area (Å²) in [6, 6.07) is 7.33. The lowest BCUT2D eigenvalue weighted by Crippen LogP contribution is -2.14. The minimum Gasteiger partial charge on any atom is -0.319 e. The molecule has 0 bridgehead atoms. The Hall–Kier alpha value is -1.44. The fourth-order valence-corrected chi connectivity index (χ4v) is 2.57. The van der Waals surface area contributed by atoms with Crippen LogP contribution in [-0.2, 0) is 9.84 Å². The van der Waals surface area contributed by atoms with E-state index in [4.69, 9.17) is 11.6 Å². The number of carbonyl (C=O) groups excluding carboxylic acids is 1. The van der Waals surface area contributed by atoms with Crippen LogP contribution in [0.15, 0.2) is 45.9 Å². The first-order valence-corrected chi connectivity index (χ1v) is 8.76. The molecule has 0 radical (unpaired) electrons. The van der Waals surface area contributed by atoms with E-state index in [9.17, 15) is 13.2 Å². The van der Waals surface area contributed by atoms with E-state index in [0.717, 1.165) is 10.7 Å². The molecular formula is C13H10BrClN2O3S. The predicted octanol–water partition coefficient (Wildman–Crippen LogP) is 3.15. The highest BCUT2D eigenvalue weighted by atomic mass is 79.9. The smallest absolute Gasteiger partial charge is 0.274 e. The van der Waals surface area contributed by atoms with Gasteiger partial charge in [0.25, 0.3) is 5.91 Å². The van der Waals surface area contributed by atoms with Gasteiger partial charge in [-0.3, -0.25) is 4.79 Å². The maximum absolute atomic E-state index is 12.0. The highest BCUT2D eigenvalue weighted by molar-refractivity contribution is 9.10. The summed E-state index contributed by atoms with van der Waals surface area (Å²) in [5.74, 6) is -0.477. The van der Waals surface area contributed by atoms with E-state index in [0.29, 0.717) is 0 Å². The number of pyridine rings is 1. The second-order valence-corrected chi connectivity index (χ2v) is 7.57. The van der Waals surface area contributed by atoms with Gasteiger partial charge in [0, 0.05) is 16.9 Å². The van der Waals surface area contributed by atoms with Crippen molar-refractivity contribution in [2.45, 2.75) is 4.90 Å². The first-order valence-electron chi connectivity index (χ1n) is 5.70. The number of anilines is 1. The summed E-state index contributed by atoms with van der Waals surface area (Å²) in [5.41, 5.74) is 0.410. The molecule has 0 unspecified atom stereocenters. The number of nitrogens with one attached hydrogen (secondary N) is 1. The van der Waals surface area contributed by atoms with E-state index in [-0.39, 0.29) is 21.3 Å². The van der Waals surface area contributed by atoms with E-state index in [1.807, 2.05) is 0 Å². The average Bonchev–Trinajstić information content (AvgIpc) is 2.40. The molecule has 0 spiro atoms. The van der Waals surface area contributed by atoms with Gasteiger partial charge in [0.15, 0.2) is 9.84 Å². The summed E-state index contributed by atoms with van der Waals surface area (Å²) in [6.45, 7) is 0. The number of nitrogens with zero attached hydrogens (tertiary/aromatic N) is 1. The van der Waals surface area contributed by atoms with Crippen LogP contribution in [0.25, 0.3) is 0 Å². The Kier molecular flexibility index (Phi) is 4.65. The van der Waals surface area contributed by atoms with Crippen LogP contribution in [-0.4, -0.2) is 25.6 Å². The van der Waals surface area contributed by atoms with Crippen LogP contribution in [0.2, 0.25) is 5.02 Å². The molecule has 0 saturated carbocycles. The molecular weight excluding hydrogens is 380 g/mol. The molecule has 2 rings (SSSR count). The van der Waals surface area contributed by atoms with Gasteiger partial charge in [0.2, 0.25) is 0 Å². The van der Waals surface area contributed by atoms with Crippen molar-refractivity contribution in [2.24, 2.45) is 0 Å². The normalized spacial score (nSPS) is 11.2. The lowest BCUT2D eigenvalue weighted by Gasteiger charge is -2.08. The molecule has 0 aliphatic rings. The van der Waals surface area contributed by atoms with Crippen molar-refractivity contribution in [3.63, 3.8) is 0 Å². The average molecular weight is 390 g/mol. The highest BCUT2D eigenvalue weighted by Gasteiger charge is 2.13. The summed E-state index contributed by atoms with van der Waals surface area (Å²) < 4.78 is 23.8. The summed E-state index contributed by atoms with van der Waals surface area (Å²) in [6.07, 6.45) is 2.57. The van der Waals surface area contributed by atoms with Gasteiger partial charge in [-0.1, -0.05) is 11.6 Å². The van der Waals surface area contributed by atoms with Crippen molar-refractivity contribution in [2.75, 3.05) is 11.6 Å². The van der Waals surface area contributed by atoms with Gasteiger partial charge in [-0.2, -0.15) is 0 Å². The minimum absolute atomic E-state index is 0.0750. The third-order valence-electron chi connectivity index (χ3n) is 2.57. The van der Waals surface area contributed by atoms with Gasteiger partial charge < -0.3 is 5.32 Å². The largest absolute Gasteiger partial charge is 0.319 e. The number of rotatable bonds is 3. The number of aromatic nitrogens is 1. The number of amides is 1. The Labute approximate surface area is 135 Å². The summed E-state index contributed by atoms with van der Waals surface area (Å²) in [5, 5.41) is 2.79. The van der Waals surface area contributed by atoms with Crippen molar-refractivity contribution in [3.8, 4) is 0 Å². The Morgan fingerprint density at radius 2 is 2.00 bits per heavy atom. The van der Waals surface area contributed by atoms with Crippen LogP contribution in [0, 0.1) is 0 Å². The number of hydrogen-bond donors (Lipinski definition) is 1. The first-order chi connectivity index (χ1) is 9.77. The van der Waals surface area contributed by atoms with E-state index < -0.39 is 15.7 Å². The molecule has 1 aromatic heterocycles. The second kappa shape index (κ2) is 6.13. The SMILES string of the molecule is CS(=O)(=O)c1ccc(Cl)c(NC(=O)c2ccc(Br)cn2)c1. The highest BCUT2D eigenvalue weighted by Crippen LogP contribution is 2.25. The van der Waals surface area contributed by atoms with Crippen LogP contribution in [0.4, 0.5) is 5.69 Å². The Balaban J connectivity index is 2.31. The zero-order valence-corrected chi connectivity index (χ0v) is 14.0. The van der Waals surface area contributed by atoms with Crippen molar-refractivity contribution < 1.29 is 13.2 Å². The molecule has 110 valence electrons. The van der Waals surface area contributed by atoms with Crippen LogP contribution in [0.3, 0.4) is 0 Å². The molecule has 0 aliphatic heterocycles. The van der Waals surface area contributed by atoms with Gasteiger partial charge >= 0.3 is 0 Å². The van der Waals surface area contributed by atoms with E-state index in [1.54, 1.807) is 6.07 Å². The monoisotopic (exact) mass is 388 g/mol. The van der Waals surface area contributed by atoms with Crippen molar-refractivity contribution in [1.82, 2.24) is 4.98 Å². The third kappa shape index (κ3) is 4.03. The summed E-state index contributed by atoms with van der Waals surface area (Å²) in [4.78, 5) is 16.1. The standard InChI is InChI=1S/C13H10BrClN2O3S/c1-21(19,20)9-3-4-10(15)12(6-9)17-13(18)11-5-2-8(14)7-16-11/h2-7H,1H3,(H,17,18). The molecule has 1 aromatic carbocycles. The minimum atomic E-state index is -3.38. The van der Waals surface area contributed by atoms with Gasteiger partial charge in [0.1, 0.15) is 5.69 Å². The zero-order valence-electron chi connectivity index (χ0n) is 10.8. The number of carbonyl (C=O) groups is 1. The molecule has 21 heavy (non-hydrogen) atoms. The fraction of sp³-hybridized carbons (Fsp3) is 0.0769. The predicted molar refractivity (Wildman–Crippen MR) is 84.5 cm³/mol. The lowest BCUT2D eigenvalue weighted by atomic mass is 10.3. The quantitative estimate of drug-likeness (QED) is 0.875. The number of hydrogen-bond acceptors (Lipinski definition) is 4. The number of benzene rings is 1. The summed E-state index contributed by atoms with van der Waals surface area (Å²) >= 11 is 9.19. The van der Waals surface area contributed by atoms with Crippen molar-refractivity contribution in [3.05, 3.63) is 51.7 Å².